The van der Waals surface area contributed by atoms with Gasteiger partial charge in [0.2, 0.25) is 0 Å². The fourth-order valence-corrected chi connectivity index (χ4v) is 6.99. The van der Waals surface area contributed by atoms with Crippen molar-refractivity contribution in [3.63, 3.8) is 0 Å². The first-order valence-electron chi connectivity index (χ1n) is 16.6. The fraction of sp³-hybridized carbons (Fsp3) is 0. The third kappa shape index (κ3) is 4.60. The lowest BCUT2D eigenvalue weighted by molar-refractivity contribution is 0.669. The molecule has 0 atom stereocenters. The Labute approximate surface area is 287 Å². The summed E-state index contributed by atoms with van der Waals surface area (Å²) in [6, 6.07) is 55.7. The second kappa shape index (κ2) is 11.4. The molecule has 0 radical (unpaired) electrons. The van der Waals surface area contributed by atoms with Gasteiger partial charge in [-0.05, 0) is 34.9 Å². The Morgan fingerprint density at radius 2 is 0.720 bits per heavy atom. The molecule has 0 aliphatic carbocycles. The van der Waals surface area contributed by atoms with Gasteiger partial charge in [0.15, 0.2) is 17.5 Å². The van der Waals surface area contributed by atoms with E-state index < -0.39 is 0 Å². The van der Waals surface area contributed by atoms with Gasteiger partial charge in [-0.3, -0.25) is 0 Å². The molecule has 5 heteroatoms. The van der Waals surface area contributed by atoms with Crippen molar-refractivity contribution in [2.24, 2.45) is 0 Å². The monoisotopic (exact) mass is 641 g/mol. The largest absolute Gasteiger partial charge is 0.455 e. The van der Waals surface area contributed by atoms with Crippen molar-refractivity contribution in [3.05, 3.63) is 164 Å². The number of aromatic nitrogens is 3. The Balaban J connectivity index is 1.15. The van der Waals surface area contributed by atoms with Gasteiger partial charge in [0.25, 0.3) is 0 Å². The van der Waals surface area contributed by atoms with Crippen LogP contribution in [-0.2, 0) is 0 Å². The van der Waals surface area contributed by atoms with Gasteiger partial charge in [0, 0.05) is 38.2 Å². The van der Waals surface area contributed by atoms with E-state index in [1.165, 1.54) is 0 Å². The molecule has 0 spiro atoms. The molecular formula is C45H27N3O2. The van der Waals surface area contributed by atoms with Crippen LogP contribution in [0.4, 0.5) is 0 Å². The van der Waals surface area contributed by atoms with Crippen molar-refractivity contribution in [3.8, 4) is 56.4 Å². The zero-order valence-corrected chi connectivity index (χ0v) is 26.7. The molecule has 0 N–H and O–H groups in total. The van der Waals surface area contributed by atoms with Crippen molar-refractivity contribution in [2.75, 3.05) is 0 Å². The van der Waals surface area contributed by atoms with Gasteiger partial charge >= 0.3 is 0 Å². The van der Waals surface area contributed by atoms with E-state index in [4.69, 9.17) is 23.8 Å². The lowest BCUT2D eigenvalue weighted by Gasteiger charge is -2.12. The molecule has 0 aliphatic rings. The smallest absolute Gasteiger partial charge is 0.167 e. The molecule has 0 bridgehead atoms. The summed E-state index contributed by atoms with van der Waals surface area (Å²) in [7, 11) is 0. The Bertz CT molecular complexity index is 2870. The van der Waals surface area contributed by atoms with Crippen molar-refractivity contribution >= 4 is 43.9 Å². The number of furan rings is 2. The quantitative estimate of drug-likeness (QED) is 0.187. The Hall–Kier alpha value is -6.85. The van der Waals surface area contributed by atoms with Crippen LogP contribution in [0.3, 0.4) is 0 Å². The lowest BCUT2D eigenvalue weighted by Crippen LogP contribution is -2.01. The van der Waals surface area contributed by atoms with Crippen LogP contribution in [0.5, 0.6) is 0 Å². The maximum atomic E-state index is 6.43. The van der Waals surface area contributed by atoms with Crippen LogP contribution in [0.1, 0.15) is 0 Å². The summed E-state index contributed by atoms with van der Waals surface area (Å²) in [5.74, 6) is 1.72. The summed E-state index contributed by atoms with van der Waals surface area (Å²) in [6.07, 6.45) is 0. The van der Waals surface area contributed by atoms with Crippen molar-refractivity contribution in [1.82, 2.24) is 15.0 Å². The van der Waals surface area contributed by atoms with Crippen LogP contribution in [0, 0.1) is 0 Å². The third-order valence-corrected chi connectivity index (χ3v) is 9.39. The number of fused-ring (bicyclic) bond motifs is 6. The summed E-state index contributed by atoms with van der Waals surface area (Å²) in [5, 5.41) is 4.30. The second-order valence-corrected chi connectivity index (χ2v) is 12.4. The van der Waals surface area contributed by atoms with E-state index >= 15 is 0 Å². The summed E-state index contributed by atoms with van der Waals surface area (Å²) < 4.78 is 12.8. The molecule has 0 amide bonds. The Morgan fingerprint density at radius 3 is 1.40 bits per heavy atom. The zero-order chi connectivity index (χ0) is 33.0. The first-order valence-corrected chi connectivity index (χ1v) is 16.6. The molecule has 7 aromatic carbocycles. The highest BCUT2D eigenvalue weighted by Crippen LogP contribution is 2.39. The first-order chi connectivity index (χ1) is 24.8. The van der Waals surface area contributed by atoms with E-state index in [-0.39, 0.29) is 0 Å². The predicted molar refractivity (Wildman–Crippen MR) is 202 cm³/mol. The Kier molecular flexibility index (Phi) is 6.42. The highest BCUT2D eigenvalue weighted by molar-refractivity contribution is 6.10. The number of hydrogen-bond acceptors (Lipinski definition) is 5. The third-order valence-electron chi connectivity index (χ3n) is 9.39. The Morgan fingerprint density at radius 1 is 0.280 bits per heavy atom. The molecule has 10 rings (SSSR count). The normalized spacial score (nSPS) is 11.6. The van der Waals surface area contributed by atoms with Gasteiger partial charge in [0.05, 0.1) is 5.56 Å². The van der Waals surface area contributed by atoms with Crippen LogP contribution < -0.4 is 0 Å². The van der Waals surface area contributed by atoms with E-state index in [1.807, 2.05) is 78.9 Å². The van der Waals surface area contributed by atoms with E-state index in [2.05, 4.69) is 84.9 Å². The van der Waals surface area contributed by atoms with Crippen LogP contribution >= 0.6 is 0 Å². The molecule has 0 aliphatic heterocycles. The van der Waals surface area contributed by atoms with Gasteiger partial charge < -0.3 is 8.83 Å². The standard InChI is InChI=1S/C45H27N3O2/c1-2-12-28(13-3-1)31-14-4-5-17-37(31)44-46-43(47-45(48-44)38-21-11-20-36-34-16-7-9-23-40(34)50-42(36)38)30-26-24-29(25-27-30)32-18-10-19-35-33-15-6-8-22-39(33)49-41(32)35/h1-27H. The average Bonchev–Trinajstić information content (AvgIpc) is 3.77. The topological polar surface area (TPSA) is 65.0 Å². The number of benzene rings is 7. The number of nitrogens with zero attached hydrogens (tertiary/aromatic N) is 3. The minimum atomic E-state index is 0.550. The number of para-hydroxylation sites is 4. The maximum Gasteiger partial charge on any atom is 0.167 e. The molecular weight excluding hydrogens is 615 g/mol. The van der Waals surface area contributed by atoms with Gasteiger partial charge in [-0.15, -0.1) is 0 Å². The van der Waals surface area contributed by atoms with Crippen molar-refractivity contribution < 1.29 is 8.83 Å². The molecule has 3 heterocycles. The van der Waals surface area contributed by atoms with Crippen LogP contribution in [0.2, 0.25) is 0 Å². The molecule has 10 aromatic rings. The van der Waals surface area contributed by atoms with Crippen molar-refractivity contribution in [1.29, 1.82) is 0 Å². The molecule has 0 fully saturated rings. The minimum absolute atomic E-state index is 0.550. The number of rotatable bonds is 5. The summed E-state index contributed by atoms with van der Waals surface area (Å²) >= 11 is 0. The second-order valence-electron chi connectivity index (χ2n) is 12.4. The van der Waals surface area contributed by atoms with E-state index in [1.54, 1.807) is 0 Å². The van der Waals surface area contributed by atoms with Gasteiger partial charge in [0.1, 0.15) is 22.3 Å². The van der Waals surface area contributed by atoms with Crippen molar-refractivity contribution in [2.45, 2.75) is 0 Å². The zero-order valence-electron chi connectivity index (χ0n) is 26.7. The maximum absolute atomic E-state index is 6.43. The number of hydrogen-bond donors (Lipinski definition) is 0. The van der Waals surface area contributed by atoms with Crippen LogP contribution in [0.15, 0.2) is 173 Å². The molecule has 3 aromatic heterocycles. The summed E-state index contributed by atoms with van der Waals surface area (Å²) in [6.45, 7) is 0. The lowest BCUT2D eigenvalue weighted by atomic mass is 9.99. The molecule has 0 unspecified atom stereocenters. The summed E-state index contributed by atoms with van der Waals surface area (Å²) in [4.78, 5) is 15.4. The van der Waals surface area contributed by atoms with Crippen LogP contribution in [-0.4, -0.2) is 15.0 Å². The van der Waals surface area contributed by atoms with Gasteiger partial charge in [-0.25, -0.2) is 15.0 Å². The summed E-state index contributed by atoms with van der Waals surface area (Å²) in [5.41, 5.74) is 10.2. The highest BCUT2D eigenvalue weighted by Gasteiger charge is 2.19. The minimum Gasteiger partial charge on any atom is -0.455 e. The van der Waals surface area contributed by atoms with Gasteiger partial charge in [-0.2, -0.15) is 0 Å². The van der Waals surface area contributed by atoms with Crippen LogP contribution in [0.25, 0.3) is 100 Å². The molecule has 0 saturated carbocycles. The SMILES string of the molecule is c1ccc(-c2ccccc2-c2nc(-c3ccc(-c4cccc5c4oc4ccccc45)cc3)nc(-c3cccc4c3oc3ccccc34)n2)cc1. The van der Waals surface area contributed by atoms with E-state index in [0.29, 0.717) is 17.5 Å². The predicted octanol–water partition coefficient (Wildman–Crippen LogP) is 12.0. The first kappa shape index (κ1) is 28.2. The van der Waals surface area contributed by atoms with E-state index in [9.17, 15) is 0 Å². The van der Waals surface area contributed by atoms with E-state index in [0.717, 1.165) is 82.8 Å². The molecule has 234 valence electrons. The fourth-order valence-electron chi connectivity index (χ4n) is 6.99. The molecule has 50 heavy (non-hydrogen) atoms. The molecule has 5 nitrogen and oxygen atoms in total. The average molecular weight is 642 g/mol. The highest BCUT2D eigenvalue weighted by atomic mass is 16.3. The van der Waals surface area contributed by atoms with Gasteiger partial charge in [-0.1, -0.05) is 146 Å². The molecule has 0 saturated heterocycles.